The first-order valence-corrected chi connectivity index (χ1v) is 7.85. The Morgan fingerprint density at radius 3 is 2.70 bits per heavy atom. The molecule has 1 fully saturated rings. The standard InChI is InChI=1S/C12H13ClFNO4S/c13-9-7-8(4-5-10(9)14)20(18,19)15-6-2-1-3-11(15)12(16)17/h4-5,7,11H,1-3,6H2,(H,16,17)/t11-/m0/s1. The highest BCUT2D eigenvalue weighted by Crippen LogP contribution is 2.27. The highest BCUT2D eigenvalue weighted by Gasteiger charge is 2.37. The van der Waals surface area contributed by atoms with E-state index in [0.29, 0.717) is 12.8 Å². The Morgan fingerprint density at radius 1 is 1.40 bits per heavy atom. The maximum absolute atomic E-state index is 13.1. The van der Waals surface area contributed by atoms with Crippen molar-refractivity contribution >= 4 is 27.6 Å². The van der Waals surface area contributed by atoms with Crippen LogP contribution in [0.1, 0.15) is 19.3 Å². The minimum absolute atomic E-state index is 0.133. The van der Waals surface area contributed by atoms with E-state index in [1.54, 1.807) is 0 Å². The summed E-state index contributed by atoms with van der Waals surface area (Å²) in [5.74, 6) is -1.90. The van der Waals surface area contributed by atoms with Crippen molar-refractivity contribution in [2.75, 3.05) is 6.54 Å². The summed E-state index contributed by atoms with van der Waals surface area (Å²) in [4.78, 5) is 11.0. The number of hydrogen-bond acceptors (Lipinski definition) is 3. The Morgan fingerprint density at radius 2 is 2.10 bits per heavy atom. The van der Waals surface area contributed by atoms with Crippen LogP contribution in [0.4, 0.5) is 4.39 Å². The summed E-state index contributed by atoms with van der Waals surface area (Å²) in [6.45, 7) is 0.133. The third-order valence-corrected chi connectivity index (χ3v) is 5.43. The van der Waals surface area contributed by atoms with Crippen molar-refractivity contribution in [3.8, 4) is 0 Å². The van der Waals surface area contributed by atoms with Gasteiger partial charge in [-0.15, -0.1) is 0 Å². The molecule has 0 aliphatic carbocycles. The topological polar surface area (TPSA) is 74.7 Å². The smallest absolute Gasteiger partial charge is 0.322 e. The van der Waals surface area contributed by atoms with Crippen LogP contribution in [0.5, 0.6) is 0 Å². The summed E-state index contributed by atoms with van der Waals surface area (Å²) in [7, 11) is -3.99. The summed E-state index contributed by atoms with van der Waals surface area (Å²) in [5.41, 5.74) is 0. The van der Waals surface area contributed by atoms with Gasteiger partial charge in [0, 0.05) is 6.54 Å². The lowest BCUT2D eigenvalue weighted by Crippen LogP contribution is -2.47. The second-order valence-corrected chi connectivity index (χ2v) is 6.84. The Labute approximate surface area is 121 Å². The largest absolute Gasteiger partial charge is 0.480 e. The fourth-order valence-corrected chi connectivity index (χ4v) is 4.14. The SMILES string of the molecule is O=C(O)[C@@H]1CCCCN1S(=O)(=O)c1ccc(F)c(Cl)c1. The third kappa shape index (κ3) is 2.79. The van der Waals surface area contributed by atoms with E-state index in [-0.39, 0.29) is 22.9 Å². The molecule has 0 aromatic heterocycles. The van der Waals surface area contributed by atoms with Crippen molar-refractivity contribution in [2.45, 2.75) is 30.2 Å². The van der Waals surface area contributed by atoms with Crippen LogP contribution in [0.15, 0.2) is 23.1 Å². The van der Waals surface area contributed by atoms with E-state index in [2.05, 4.69) is 0 Å². The van der Waals surface area contributed by atoms with Gasteiger partial charge in [-0.3, -0.25) is 4.79 Å². The maximum Gasteiger partial charge on any atom is 0.322 e. The van der Waals surface area contributed by atoms with Gasteiger partial charge in [0.2, 0.25) is 10.0 Å². The minimum Gasteiger partial charge on any atom is -0.480 e. The lowest BCUT2D eigenvalue weighted by Gasteiger charge is -2.31. The normalized spacial score (nSPS) is 20.8. The molecule has 1 aromatic rings. The summed E-state index contributed by atoms with van der Waals surface area (Å²) in [6, 6.07) is 1.95. The van der Waals surface area contributed by atoms with E-state index in [1.165, 1.54) is 0 Å². The number of carboxylic acids is 1. The highest BCUT2D eigenvalue weighted by atomic mass is 35.5. The Balaban J connectivity index is 2.42. The number of rotatable bonds is 3. The molecule has 1 aromatic carbocycles. The van der Waals surface area contributed by atoms with Crippen LogP contribution in [-0.4, -0.2) is 36.4 Å². The second kappa shape index (κ2) is 5.67. The molecule has 2 rings (SSSR count). The van der Waals surface area contributed by atoms with Crippen molar-refractivity contribution in [2.24, 2.45) is 0 Å². The summed E-state index contributed by atoms with van der Waals surface area (Å²) < 4.78 is 38.9. The number of sulfonamides is 1. The van der Waals surface area contributed by atoms with Crippen molar-refractivity contribution in [1.29, 1.82) is 0 Å². The lowest BCUT2D eigenvalue weighted by molar-refractivity contribution is -0.142. The van der Waals surface area contributed by atoms with Gasteiger partial charge in [-0.05, 0) is 37.5 Å². The van der Waals surface area contributed by atoms with Gasteiger partial charge >= 0.3 is 5.97 Å². The molecule has 1 heterocycles. The van der Waals surface area contributed by atoms with Gasteiger partial charge in [0.1, 0.15) is 11.9 Å². The number of carboxylic acid groups (broad SMARTS) is 1. The Bertz CT molecular complexity index is 634. The minimum atomic E-state index is -3.99. The molecular weight excluding hydrogens is 309 g/mol. The molecule has 1 saturated heterocycles. The van der Waals surface area contributed by atoms with E-state index in [9.17, 15) is 17.6 Å². The third-order valence-electron chi connectivity index (χ3n) is 3.24. The number of nitrogens with zero attached hydrogens (tertiary/aromatic N) is 1. The first kappa shape index (κ1) is 15.2. The van der Waals surface area contributed by atoms with E-state index in [0.717, 1.165) is 22.5 Å². The maximum atomic E-state index is 13.1. The zero-order valence-electron chi connectivity index (χ0n) is 10.4. The van der Waals surface area contributed by atoms with Crippen molar-refractivity contribution in [3.63, 3.8) is 0 Å². The molecule has 0 spiro atoms. The Hall–Kier alpha value is -1.18. The van der Waals surface area contributed by atoms with Crippen molar-refractivity contribution in [1.82, 2.24) is 4.31 Å². The second-order valence-electron chi connectivity index (χ2n) is 4.54. The van der Waals surface area contributed by atoms with Crippen molar-refractivity contribution < 1.29 is 22.7 Å². The fraction of sp³-hybridized carbons (Fsp3) is 0.417. The predicted octanol–water partition coefficient (Wildman–Crippen LogP) is 2.11. The number of benzene rings is 1. The van der Waals surface area contributed by atoms with Gasteiger partial charge in [-0.2, -0.15) is 4.31 Å². The van der Waals surface area contributed by atoms with Crippen LogP contribution >= 0.6 is 11.6 Å². The van der Waals surface area contributed by atoms with Crippen LogP contribution in [0.25, 0.3) is 0 Å². The van der Waals surface area contributed by atoms with Gasteiger partial charge in [0.05, 0.1) is 9.92 Å². The molecule has 110 valence electrons. The van der Waals surface area contributed by atoms with Crippen LogP contribution in [-0.2, 0) is 14.8 Å². The number of carbonyl (C=O) groups is 1. The fourth-order valence-electron chi connectivity index (χ4n) is 2.21. The first-order valence-electron chi connectivity index (χ1n) is 6.04. The van der Waals surface area contributed by atoms with Gasteiger partial charge in [-0.1, -0.05) is 11.6 Å². The number of hydrogen-bond donors (Lipinski definition) is 1. The molecule has 1 aliphatic heterocycles. The van der Waals surface area contributed by atoms with E-state index in [1.807, 2.05) is 0 Å². The van der Waals surface area contributed by atoms with E-state index < -0.39 is 27.9 Å². The monoisotopic (exact) mass is 321 g/mol. The molecule has 0 radical (unpaired) electrons. The van der Waals surface area contributed by atoms with Gasteiger partial charge < -0.3 is 5.11 Å². The first-order chi connectivity index (χ1) is 9.34. The van der Waals surface area contributed by atoms with Gasteiger partial charge in [0.25, 0.3) is 0 Å². The van der Waals surface area contributed by atoms with Crippen LogP contribution in [0, 0.1) is 5.82 Å². The molecule has 1 atom stereocenters. The molecule has 5 nitrogen and oxygen atoms in total. The molecular formula is C12H13ClFNO4S. The number of piperidine rings is 1. The van der Waals surface area contributed by atoms with Crippen LogP contribution < -0.4 is 0 Å². The van der Waals surface area contributed by atoms with E-state index >= 15 is 0 Å². The molecule has 1 aliphatic rings. The zero-order chi connectivity index (χ0) is 14.9. The average molecular weight is 322 g/mol. The molecule has 1 N–H and O–H groups in total. The molecule has 0 unspecified atom stereocenters. The molecule has 8 heteroatoms. The van der Waals surface area contributed by atoms with E-state index in [4.69, 9.17) is 16.7 Å². The summed E-state index contributed by atoms with van der Waals surface area (Å²) in [6.07, 6.45) is 1.52. The van der Waals surface area contributed by atoms with Crippen molar-refractivity contribution in [3.05, 3.63) is 29.0 Å². The zero-order valence-corrected chi connectivity index (χ0v) is 12.0. The highest BCUT2D eigenvalue weighted by molar-refractivity contribution is 7.89. The number of halogens is 2. The predicted molar refractivity (Wildman–Crippen MR) is 70.6 cm³/mol. The summed E-state index contributed by atoms with van der Waals surface area (Å²) >= 11 is 5.58. The average Bonchev–Trinajstić information content (AvgIpc) is 2.41. The quantitative estimate of drug-likeness (QED) is 0.925. The van der Waals surface area contributed by atoms with Crippen LogP contribution in [0.3, 0.4) is 0 Å². The Kier molecular flexibility index (Phi) is 4.31. The van der Waals surface area contributed by atoms with Gasteiger partial charge in [-0.25, -0.2) is 12.8 Å². The molecule has 0 bridgehead atoms. The molecule has 20 heavy (non-hydrogen) atoms. The number of aliphatic carboxylic acids is 1. The van der Waals surface area contributed by atoms with Gasteiger partial charge in [0.15, 0.2) is 0 Å². The lowest BCUT2D eigenvalue weighted by atomic mass is 10.1. The van der Waals surface area contributed by atoms with Crippen LogP contribution in [0.2, 0.25) is 5.02 Å². The summed E-state index contributed by atoms with van der Waals surface area (Å²) in [5, 5.41) is 8.82. The molecule has 0 saturated carbocycles. The molecule has 0 amide bonds.